The molecule has 11 atom stereocenters. The van der Waals surface area contributed by atoms with Crippen molar-refractivity contribution in [2.45, 2.75) is 144 Å². The third-order valence-electron chi connectivity index (χ3n) is 19.8. The number of nitrogens with zero attached hydrogens (tertiary/aromatic N) is 6. The Morgan fingerprint density at radius 1 is 0.554 bits per heavy atom. The average molecular weight is 1690 g/mol. The molecule has 1 saturated heterocycles. The van der Waals surface area contributed by atoms with E-state index in [4.69, 9.17) is 22.6 Å². The van der Waals surface area contributed by atoms with Crippen molar-refractivity contribution in [3.8, 4) is 5.75 Å². The van der Waals surface area contributed by atoms with Gasteiger partial charge in [0.15, 0.2) is 5.96 Å². The van der Waals surface area contributed by atoms with E-state index in [1.54, 1.807) is 74.6 Å². The number of primary amides is 2. The molecular formula is C79H102N24O17S. The molecule has 8 rings (SSSR count). The molecule has 0 spiro atoms. The predicted molar refractivity (Wildman–Crippen MR) is 439 cm³/mol. The number of amides is 15. The van der Waals surface area contributed by atoms with Crippen molar-refractivity contribution in [3.63, 3.8) is 0 Å². The van der Waals surface area contributed by atoms with Crippen molar-refractivity contribution < 1.29 is 82.1 Å². The second-order valence-corrected chi connectivity index (χ2v) is 29.8. The summed E-state index contributed by atoms with van der Waals surface area (Å²) in [6, 6.07) is 8.70. The number of hydrogen-bond acceptors (Lipinski definition) is 22. The van der Waals surface area contributed by atoms with Crippen LogP contribution >= 0.6 is 11.8 Å². The van der Waals surface area contributed by atoms with Crippen molar-refractivity contribution in [2.24, 2.45) is 24.2 Å². The van der Waals surface area contributed by atoms with Gasteiger partial charge in [-0.2, -0.15) is 0 Å². The van der Waals surface area contributed by atoms with Gasteiger partial charge in [0.1, 0.15) is 72.2 Å². The standard InChI is InChI=1S/C79H102N24O17S/c1-5-53-70(112)96-56(29-47-17-11-16-46-15-9-10-18-52(46)47)72(114)97-57(30-48-33-84-41-90-48)68(110)89-37-66(108)92-60(38-104)75(117)95-55(19-12-26-87-79(82)83)78(120)103(4)63(28-45-20-22-51(105)23-21-45)77(119)99-58(31-49-34-85-42-91-49)73(115)94-54(24-25-64(80)106)71(113)98-59(32-50-35-86-43-101(50)2)74(116)100-61(69(111)88-36-65(81)107)39-121-40-67(109)102(3)62(76(118)93-53)27-44-13-7-6-8-14-44/h6-11,13-18,20-23,33-35,41-43,53-63,104-105H,5,12,19,24-32,36-40H2,1-4H3,(H2,80,106)(H2,81,107)(H,84,90)(H,85,91)(H,88,111)(H,89,110)(H,92,108)(H,93,118)(H,94,115)(H,95,117)(H,96,112)(H,97,114)(H,98,113)(H,99,119)(H,100,116)(H4,82,83,87)/t53-,54-,55-,56-,57-,58-,59-,60-,61-,62-,63-/m0/s1. The molecule has 4 aromatic carbocycles. The number of aromatic hydroxyl groups is 1. The first-order valence-electron chi connectivity index (χ1n) is 38.7. The fourth-order valence-electron chi connectivity index (χ4n) is 13.1. The van der Waals surface area contributed by atoms with Gasteiger partial charge in [-0.05, 0) is 65.3 Å². The SMILES string of the molecule is CC[C@@H]1NC(=O)[C@H](Cc2ccccc2)N(C)C(=O)CSC[C@@H](C(=O)NCC(N)=O)NC(=O)[C@H](Cc2cncn2C)NC(=O)[C@H](CCC(N)=O)NC(=O)[C@H](Cc2c[nH]cn2)NC(=O)[C@H](Cc2ccc(O)cc2)N(C)C(=O)[C@H](CCCNC(=N)N)NC(=O)[C@H](CO)NC(=O)CNC(=O)[C@H](Cc2c[nH]cn2)NC(=O)[C@H](Cc2cccc3ccccc23)NC1=O. The number of guanidine groups is 1. The molecule has 7 aromatic rings. The van der Waals surface area contributed by atoms with Crippen LogP contribution in [0.3, 0.4) is 0 Å². The molecule has 41 nitrogen and oxygen atoms in total. The van der Waals surface area contributed by atoms with E-state index in [2.05, 4.69) is 88.7 Å². The second kappa shape index (κ2) is 45.8. The number of rotatable bonds is 24. The van der Waals surface area contributed by atoms with Gasteiger partial charge in [0.2, 0.25) is 88.6 Å². The lowest BCUT2D eigenvalue weighted by Crippen LogP contribution is -2.61. The van der Waals surface area contributed by atoms with Gasteiger partial charge in [0, 0.05) is 103 Å². The number of hydrogen-bond donors (Lipinski definition) is 20. The molecular weight excluding hydrogens is 1590 g/mol. The first kappa shape index (κ1) is 92.7. The molecule has 0 aliphatic carbocycles. The van der Waals surface area contributed by atoms with Gasteiger partial charge in [-0.15, -0.1) is 11.8 Å². The highest BCUT2D eigenvalue weighted by Crippen LogP contribution is 2.23. The molecule has 0 saturated carbocycles. The predicted octanol–water partition coefficient (Wildman–Crippen LogP) is -5.11. The lowest BCUT2D eigenvalue weighted by Gasteiger charge is -2.33. The van der Waals surface area contributed by atoms with Gasteiger partial charge in [0.25, 0.3) is 0 Å². The molecule has 15 amide bonds. The summed E-state index contributed by atoms with van der Waals surface area (Å²) in [6.45, 7) is -1.21. The quantitative estimate of drug-likeness (QED) is 0.0153. The third kappa shape index (κ3) is 28.5. The minimum Gasteiger partial charge on any atom is -0.508 e. The molecule has 42 heteroatoms. The number of phenols is 1. The smallest absolute Gasteiger partial charge is 0.245 e. The number of fused-ring (bicyclic) bond motifs is 1. The van der Waals surface area contributed by atoms with E-state index in [-0.39, 0.29) is 75.0 Å². The van der Waals surface area contributed by atoms with Crippen LogP contribution in [0.1, 0.15) is 72.8 Å². The highest BCUT2D eigenvalue weighted by atomic mass is 32.2. The summed E-state index contributed by atoms with van der Waals surface area (Å²) in [5, 5.41) is 61.2. The molecule has 1 fully saturated rings. The van der Waals surface area contributed by atoms with Gasteiger partial charge < -0.3 is 116 Å². The highest BCUT2D eigenvalue weighted by Gasteiger charge is 2.40. The van der Waals surface area contributed by atoms with Crippen LogP contribution in [0.25, 0.3) is 10.8 Å². The summed E-state index contributed by atoms with van der Waals surface area (Å²) in [7, 11) is 4.11. The highest BCUT2D eigenvalue weighted by molar-refractivity contribution is 8.00. The van der Waals surface area contributed by atoms with Crippen LogP contribution in [0.5, 0.6) is 5.75 Å². The van der Waals surface area contributed by atoms with Crippen molar-refractivity contribution in [1.29, 1.82) is 5.41 Å². The molecule has 23 N–H and O–H groups in total. The van der Waals surface area contributed by atoms with E-state index >= 15 is 19.2 Å². The molecule has 646 valence electrons. The van der Waals surface area contributed by atoms with Crippen molar-refractivity contribution >= 4 is 117 Å². The monoisotopic (exact) mass is 1690 g/mol. The van der Waals surface area contributed by atoms with E-state index in [0.717, 1.165) is 26.9 Å². The topological polar surface area (TPSA) is 624 Å². The number of likely N-dealkylation sites (N-methyl/N-ethyl adjacent to an activating group) is 2. The van der Waals surface area contributed by atoms with E-state index in [0.29, 0.717) is 27.8 Å². The number of aliphatic hydroxyl groups excluding tert-OH is 1. The number of aromatic nitrogens is 6. The number of aliphatic hydroxyl groups is 1. The van der Waals surface area contributed by atoms with Gasteiger partial charge in [-0.25, -0.2) is 15.0 Å². The number of carbonyl (C=O) groups is 15. The lowest BCUT2D eigenvalue weighted by atomic mass is 9.97. The van der Waals surface area contributed by atoms with Crippen LogP contribution in [0.15, 0.2) is 135 Å². The zero-order chi connectivity index (χ0) is 87.8. The Morgan fingerprint density at radius 2 is 1.09 bits per heavy atom. The minimum absolute atomic E-state index is 0.0115. The molecule has 0 bridgehead atoms. The molecule has 3 aromatic heterocycles. The van der Waals surface area contributed by atoms with Gasteiger partial charge >= 0.3 is 0 Å². The fraction of sp³-hybridized carbons (Fsp3) is 0.405. The van der Waals surface area contributed by atoms with Crippen molar-refractivity contribution in [1.82, 2.24) is 103 Å². The number of nitrogens with one attached hydrogen (secondary N) is 15. The summed E-state index contributed by atoms with van der Waals surface area (Å²) >= 11 is 0.804. The Kier molecular flexibility index (Phi) is 35.1. The Morgan fingerprint density at radius 3 is 1.69 bits per heavy atom. The molecule has 0 radical (unpaired) electrons. The summed E-state index contributed by atoms with van der Waals surface area (Å²) in [5.74, 6) is -16.3. The molecule has 121 heavy (non-hydrogen) atoms. The second-order valence-electron chi connectivity index (χ2n) is 28.7. The van der Waals surface area contributed by atoms with E-state index in [1.165, 1.54) is 80.5 Å². The summed E-state index contributed by atoms with van der Waals surface area (Å²) in [6.07, 6.45) is 4.86. The summed E-state index contributed by atoms with van der Waals surface area (Å²) in [4.78, 5) is 237. The lowest BCUT2D eigenvalue weighted by molar-refractivity contribution is -0.143. The minimum atomic E-state index is -1.86. The molecule has 0 unspecified atom stereocenters. The van der Waals surface area contributed by atoms with Crippen LogP contribution in [0, 0.1) is 5.41 Å². The van der Waals surface area contributed by atoms with Gasteiger partial charge in [-0.3, -0.25) is 77.3 Å². The number of benzene rings is 4. The van der Waals surface area contributed by atoms with Gasteiger partial charge in [-0.1, -0.05) is 91.9 Å². The summed E-state index contributed by atoms with van der Waals surface area (Å²) in [5.41, 5.74) is 18.9. The van der Waals surface area contributed by atoms with Crippen LogP contribution in [-0.4, -0.2) is 262 Å². The van der Waals surface area contributed by atoms with Crippen LogP contribution in [0.2, 0.25) is 0 Å². The largest absolute Gasteiger partial charge is 0.508 e. The summed E-state index contributed by atoms with van der Waals surface area (Å²) < 4.78 is 1.51. The Bertz CT molecular complexity index is 4780. The van der Waals surface area contributed by atoms with Crippen molar-refractivity contribution in [2.75, 3.05) is 51.8 Å². The molecule has 1 aliphatic heterocycles. The number of aromatic amines is 2. The van der Waals surface area contributed by atoms with E-state index in [9.17, 15) is 63.0 Å². The fourth-order valence-corrected chi connectivity index (χ4v) is 14.0. The molecule has 4 heterocycles. The van der Waals surface area contributed by atoms with Crippen LogP contribution in [-0.2, 0) is 117 Å². The molecule has 1 aliphatic rings. The first-order valence-corrected chi connectivity index (χ1v) is 39.9. The number of nitrogens with two attached hydrogens (primary N) is 3. The Balaban J connectivity index is 1.19. The van der Waals surface area contributed by atoms with E-state index in [1.807, 2.05) is 12.1 Å². The maximum atomic E-state index is 15.3. The van der Waals surface area contributed by atoms with Gasteiger partial charge in [0.05, 0.1) is 55.8 Å². The zero-order valence-electron chi connectivity index (χ0n) is 66.9. The number of imidazole rings is 3. The average Bonchev–Trinajstić information content (AvgIpc) is 1.82. The van der Waals surface area contributed by atoms with Crippen molar-refractivity contribution in [3.05, 3.63) is 168 Å². The maximum Gasteiger partial charge on any atom is 0.245 e. The number of thioether (sulfide) groups is 1. The Hall–Kier alpha value is -13.8. The number of H-pyrrole nitrogens is 2. The van der Waals surface area contributed by atoms with Crippen LogP contribution in [0.4, 0.5) is 0 Å². The van der Waals surface area contributed by atoms with Crippen LogP contribution < -0.4 is 81.0 Å². The first-order chi connectivity index (χ1) is 57.9. The zero-order valence-corrected chi connectivity index (χ0v) is 67.7. The number of phenolic OH excluding ortho intramolecular Hbond substituents is 1. The number of aryl methyl sites for hydroxylation is 1. The Labute approximate surface area is 698 Å². The van der Waals surface area contributed by atoms with E-state index < -0.39 is 211 Å². The maximum absolute atomic E-state index is 15.3. The third-order valence-corrected chi connectivity index (χ3v) is 20.8. The normalized spacial score (nSPS) is 21.9. The number of carbonyl (C=O) groups excluding carboxylic acids is 15.